The summed E-state index contributed by atoms with van der Waals surface area (Å²) in [6.45, 7) is 7.04. The van der Waals surface area contributed by atoms with E-state index in [1.807, 2.05) is 22.4 Å². The zero-order chi connectivity index (χ0) is 21.6. The number of amides is 2. The second-order valence-corrected chi connectivity index (χ2v) is 9.34. The number of nitrogens with zero attached hydrogens (tertiary/aromatic N) is 2. The Morgan fingerprint density at radius 2 is 1.94 bits per heavy atom. The van der Waals surface area contributed by atoms with Gasteiger partial charge in [0.25, 0.3) is 5.91 Å². The molecular weight excluding hydrogens is 410 g/mol. The van der Waals surface area contributed by atoms with Crippen molar-refractivity contribution in [2.24, 2.45) is 5.92 Å². The minimum atomic E-state index is -0.152. The Labute approximate surface area is 188 Å². The van der Waals surface area contributed by atoms with E-state index in [1.54, 1.807) is 0 Å². The van der Waals surface area contributed by atoms with Crippen LogP contribution in [-0.2, 0) is 9.53 Å². The molecule has 2 fully saturated rings. The fourth-order valence-electron chi connectivity index (χ4n) is 4.41. The molecule has 2 aromatic rings. The molecule has 2 atom stereocenters. The smallest absolute Gasteiger partial charge is 0.263 e. The van der Waals surface area contributed by atoms with Crippen LogP contribution in [0.25, 0.3) is 0 Å². The lowest BCUT2D eigenvalue weighted by Gasteiger charge is -2.36. The van der Waals surface area contributed by atoms with Crippen LogP contribution >= 0.6 is 11.3 Å². The summed E-state index contributed by atoms with van der Waals surface area (Å²) in [7, 11) is 0. The van der Waals surface area contributed by atoms with Crippen molar-refractivity contribution in [2.75, 3.05) is 45.9 Å². The maximum Gasteiger partial charge on any atom is 0.263 e. The molecule has 166 valence electrons. The third-order valence-electron chi connectivity index (χ3n) is 6.23. The van der Waals surface area contributed by atoms with Crippen molar-refractivity contribution < 1.29 is 14.3 Å². The third-order valence-corrected chi connectivity index (χ3v) is 7.09. The van der Waals surface area contributed by atoms with Gasteiger partial charge in [-0.1, -0.05) is 35.9 Å². The summed E-state index contributed by atoms with van der Waals surface area (Å²) in [6, 6.07) is 12.4. The molecule has 31 heavy (non-hydrogen) atoms. The predicted molar refractivity (Wildman–Crippen MR) is 122 cm³/mol. The molecular formula is C24H31N3O3S. The monoisotopic (exact) mass is 441 g/mol. The molecule has 6 nitrogen and oxygen atoms in total. The molecule has 2 aliphatic rings. The van der Waals surface area contributed by atoms with Gasteiger partial charge in [-0.3, -0.25) is 14.5 Å². The second-order valence-electron chi connectivity index (χ2n) is 8.39. The highest BCUT2D eigenvalue weighted by Crippen LogP contribution is 2.24. The number of carbonyl (C=O) groups is 2. The Balaban J connectivity index is 1.38. The number of piperidine rings is 1. The van der Waals surface area contributed by atoms with E-state index in [2.05, 4.69) is 41.4 Å². The van der Waals surface area contributed by atoms with Crippen LogP contribution in [-0.4, -0.2) is 67.6 Å². The van der Waals surface area contributed by atoms with Crippen LogP contribution in [0.3, 0.4) is 0 Å². The first-order valence-corrected chi connectivity index (χ1v) is 12.0. The molecule has 0 radical (unpaired) electrons. The Bertz CT molecular complexity index is 863. The van der Waals surface area contributed by atoms with Crippen LogP contribution in [0.4, 0.5) is 0 Å². The second kappa shape index (κ2) is 10.4. The standard InChI is InChI=1S/C24H31N3O3S/c1-18-6-8-19(9-7-18)21(26-11-13-30-14-12-26)16-25-23(28)20-4-2-10-27(17-20)24(29)22-5-3-15-31-22/h3,5-9,15,20-21H,2,4,10-14,16-17H2,1H3,(H,25,28). The molecule has 2 saturated heterocycles. The van der Waals surface area contributed by atoms with Gasteiger partial charge in [-0.15, -0.1) is 11.3 Å². The fourth-order valence-corrected chi connectivity index (χ4v) is 5.10. The molecule has 0 bridgehead atoms. The average Bonchev–Trinajstić information content (AvgIpc) is 3.35. The number of aryl methyl sites for hydroxylation is 1. The molecule has 2 amide bonds. The van der Waals surface area contributed by atoms with Gasteiger partial charge < -0.3 is 15.0 Å². The number of benzene rings is 1. The Kier molecular flexibility index (Phi) is 7.37. The number of ether oxygens (including phenoxy) is 1. The van der Waals surface area contributed by atoms with E-state index in [1.165, 1.54) is 22.5 Å². The van der Waals surface area contributed by atoms with Gasteiger partial charge in [-0.05, 0) is 36.8 Å². The van der Waals surface area contributed by atoms with Crippen LogP contribution < -0.4 is 5.32 Å². The van der Waals surface area contributed by atoms with Crippen molar-refractivity contribution in [2.45, 2.75) is 25.8 Å². The Morgan fingerprint density at radius 3 is 2.65 bits per heavy atom. The summed E-state index contributed by atoms with van der Waals surface area (Å²) in [6.07, 6.45) is 1.69. The van der Waals surface area contributed by atoms with Gasteiger partial charge in [0, 0.05) is 32.7 Å². The summed E-state index contributed by atoms with van der Waals surface area (Å²) in [5.74, 6) is -0.0616. The van der Waals surface area contributed by atoms with Crippen molar-refractivity contribution in [1.29, 1.82) is 0 Å². The van der Waals surface area contributed by atoms with Crippen molar-refractivity contribution >= 4 is 23.2 Å². The lowest BCUT2D eigenvalue weighted by molar-refractivity contribution is -0.126. The molecule has 1 N–H and O–H groups in total. The van der Waals surface area contributed by atoms with Gasteiger partial charge in [0.15, 0.2) is 0 Å². The van der Waals surface area contributed by atoms with Crippen LogP contribution in [0.15, 0.2) is 41.8 Å². The molecule has 3 heterocycles. The quantitative estimate of drug-likeness (QED) is 0.748. The Hall–Kier alpha value is -2.22. The van der Waals surface area contributed by atoms with Crippen LogP contribution in [0.2, 0.25) is 0 Å². The van der Waals surface area contributed by atoms with Crippen molar-refractivity contribution in [3.8, 4) is 0 Å². The molecule has 0 spiro atoms. The molecule has 1 aromatic carbocycles. The van der Waals surface area contributed by atoms with E-state index in [9.17, 15) is 9.59 Å². The highest BCUT2D eigenvalue weighted by molar-refractivity contribution is 7.12. The van der Waals surface area contributed by atoms with Crippen molar-refractivity contribution in [1.82, 2.24) is 15.1 Å². The van der Waals surface area contributed by atoms with Gasteiger partial charge >= 0.3 is 0 Å². The lowest BCUT2D eigenvalue weighted by atomic mass is 9.96. The number of likely N-dealkylation sites (tertiary alicyclic amines) is 1. The Morgan fingerprint density at radius 1 is 1.16 bits per heavy atom. The minimum Gasteiger partial charge on any atom is -0.379 e. The largest absolute Gasteiger partial charge is 0.379 e. The first-order valence-electron chi connectivity index (χ1n) is 11.1. The van der Waals surface area contributed by atoms with Crippen LogP contribution in [0, 0.1) is 12.8 Å². The maximum absolute atomic E-state index is 13.0. The molecule has 0 aliphatic carbocycles. The fraction of sp³-hybridized carbons (Fsp3) is 0.500. The molecule has 0 saturated carbocycles. The van der Waals surface area contributed by atoms with Gasteiger partial charge in [0.05, 0.1) is 30.1 Å². The summed E-state index contributed by atoms with van der Waals surface area (Å²) >= 11 is 1.46. The topological polar surface area (TPSA) is 61.9 Å². The number of rotatable bonds is 6. The summed E-state index contributed by atoms with van der Waals surface area (Å²) in [5.41, 5.74) is 2.44. The van der Waals surface area contributed by atoms with Gasteiger partial charge in [-0.25, -0.2) is 0 Å². The first-order chi connectivity index (χ1) is 15.1. The van der Waals surface area contributed by atoms with E-state index < -0.39 is 0 Å². The lowest BCUT2D eigenvalue weighted by Crippen LogP contribution is -2.48. The zero-order valence-electron chi connectivity index (χ0n) is 18.1. The number of hydrogen-bond donors (Lipinski definition) is 1. The van der Waals surface area contributed by atoms with Gasteiger partial charge in [0.1, 0.15) is 0 Å². The van der Waals surface area contributed by atoms with E-state index in [0.717, 1.165) is 50.6 Å². The minimum absolute atomic E-state index is 0.0401. The van der Waals surface area contributed by atoms with E-state index in [0.29, 0.717) is 13.1 Å². The van der Waals surface area contributed by atoms with Crippen LogP contribution in [0.5, 0.6) is 0 Å². The first kappa shape index (κ1) is 22.0. The predicted octanol–water partition coefficient (Wildman–Crippen LogP) is 3.10. The summed E-state index contributed by atoms with van der Waals surface area (Å²) < 4.78 is 5.52. The highest BCUT2D eigenvalue weighted by Gasteiger charge is 2.30. The van der Waals surface area contributed by atoms with Gasteiger partial charge in [-0.2, -0.15) is 0 Å². The normalized spacial score (nSPS) is 20.9. The van der Waals surface area contributed by atoms with E-state index >= 15 is 0 Å². The van der Waals surface area contributed by atoms with Gasteiger partial charge in [0.2, 0.25) is 5.91 Å². The van der Waals surface area contributed by atoms with Crippen LogP contribution in [0.1, 0.15) is 39.7 Å². The number of morpholine rings is 1. The van der Waals surface area contributed by atoms with E-state index in [4.69, 9.17) is 4.74 Å². The summed E-state index contributed by atoms with van der Waals surface area (Å²) in [4.78, 5) is 30.7. The number of thiophene rings is 1. The van der Waals surface area contributed by atoms with Crippen molar-refractivity contribution in [3.05, 3.63) is 57.8 Å². The molecule has 4 rings (SSSR count). The number of nitrogens with one attached hydrogen (secondary N) is 1. The molecule has 2 unspecified atom stereocenters. The zero-order valence-corrected chi connectivity index (χ0v) is 18.9. The summed E-state index contributed by atoms with van der Waals surface area (Å²) in [5, 5.41) is 5.12. The molecule has 2 aliphatic heterocycles. The SMILES string of the molecule is Cc1ccc(C(CNC(=O)C2CCCN(C(=O)c3cccs3)C2)N2CCOCC2)cc1. The van der Waals surface area contributed by atoms with Crippen molar-refractivity contribution in [3.63, 3.8) is 0 Å². The maximum atomic E-state index is 13.0. The molecule has 1 aromatic heterocycles. The number of carbonyl (C=O) groups excluding carboxylic acids is 2. The average molecular weight is 442 g/mol. The highest BCUT2D eigenvalue weighted by atomic mass is 32.1. The third kappa shape index (κ3) is 5.53. The van der Waals surface area contributed by atoms with E-state index in [-0.39, 0.29) is 23.8 Å². The number of hydrogen-bond acceptors (Lipinski definition) is 5. The molecule has 7 heteroatoms.